The Labute approximate surface area is 173 Å². The van der Waals surface area contributed by atoms with Crippen LogP contribution in [0.1, 0.15) is 62.2 Å². The number of hydrogen-bond acceptors (Lipinski definition) is 3. The highest BCUT2D eigenvalue weighted by Crippen LogP contribution is 2.55. The molecule has 5 nitrogen and oxygen atoms in total. The lowest BCUT2D eigenvalue weighted by atomic mass is 9.53. The van der Waals surface area contributed by atoms with E-state index in [4.69, 9.17) is 0 Å². The predicted octanol–water partition coefficient (Wildman–Crippen LogP) is 3.87. The molecule has 5 rings (SSSR count). The van der Waals surface area contributed by atoms with Crippen LogP contribution >= 0.6 is 22.6 Å². The molecule has 2 amide bonds. The minimum atomic E-state index is -0.257. The van der Waals surface area contributed by atoms with E-state index in [1.807, 2.05) is 12.1 Å². The van der Waals surface area contributed by atoms with Crippen LogP contribution in [-0.2, 0) is 4.79 Å². The van der Waals surface area contributed by atoms with Gasteiger partial charge >= 0.3 is 0 Å². The van der Waals surface area contributed by atoms with Gasteiger partial charge in [0, 0.05) is 20.4 Å². The van der Waals surface area contributed by atoms with Gasteiger partial charge in [-0.05, 0) is 110 Å². The number of nitrogens with one attached hydrogen (secondary N) is 2. The topological polar surface area (TPSA) is 70.6 Å². The second-order valence-electron chi connectivity index (χ2n) is 8.72. The van der Waals surface area contributed by atoms with E-state index in [9.17, 15) is 9.59 Å². The number of rotatable bonds is 5. The maximum Gasteiger partial charge on any atom is 0.271 e. The summed E-state index contributed by atoms with van der Waals surface area (Å²) in [6, 6.07) is 7.29. The van der Waals surface area contributed by atoms with Crippen molar-refractivity contribution in [2.24, 2.45) is 22.9 Å². The van der Waals surface area contributed by atoms with Gasteiger partial charge in [-0.15, -0.1) is 0 Å². The highest BCUT2D eigenvalue weighted by atomic mass is 127. The number of halogens is 1. The number of carbonyl (C=O) groups excluding carboxylic acids is 2. The van der Waals surface area contributed by atoms with E-state index < -0.39 is 0 Å². The maximum atomic E-state index is 12.6. The molecule has 27 heavy (non-hydrogen) atoms. The monoisotopic (exact) mass is 479 g/mol. The van der Waals surface area contributed by atoms with E-state index in [0.29, 0.717) is 11.3 Å². The van der Waals surface area contributed by atoms with E-state index in [1.165, 1.54) is 19.3 Å². The van der Waals surface area contributed by atoms with E-state index in [2.05, 4.69) is 38.4 Å². The summed E-state index contributed by atoms with van der Waals surface area (Å²) in [5.74, 6) is 2.19. The van der Waals surface area contributed by atoms with Crippen LogP contribution in [0, 0.1) is 21.3 Å². The first-order chi connectivity index (χ1) is 12.9. The zero-order chi connectivity index (χ0) is 19.0. The number of hydrazone groups is 1. The molecule has 4 bridgehead atoms. The smallest absolute Gasteiger partial charge is 0.271 e. The average molecular weight is 479 g/mol. The average Bonchev–Trinajstić information content (AvgIpc) is 2.58. The van der Waals surface area contributed by atoms with Crippen molar-refractivity contribution >= 4 is 40.1 Å². The Morgan fingerprint density at radius 3 is 2.19 bits per heavy atom. The molecule has 0 spiro atoms. The van der Waals surface area contributed by atoms with Gasteiger partial charge in [0.05, 0.1) is 6.42 Å². The van der Waals surface area contributed by atoms with E-state index >= 15 is 0 Å². The Balaban J connectivity index is 1.31. The largest absolute Gasteiger partial charge is 0.350 e. The Bertz CT molecular complexity index is 737. The van der Waals surface area contributed by atoms with Crippen molar-refractivity contribution in [3.63, 3.8) is 0 Å². The lowest BCUT2D eigenvalue weighted by molar-refractivity contribution is -0.125. The van der Waals surface area contributed by atoms with Crippen molar-refractivity contribution < 1.29 is 9.59 Å². The van der Waals surface area contributed by atoms with E-state index in [-0.39, 0.29) is 23.8 Å². The van der Waals surface area contributed by atoms with E-state index in [1.54, 1.807) is 19.1 Å². The summed E-state index contributed by atoms with van der Waals surface area (Å²) in [7, 11) is 0. The molecule has 0 heterocycles. The fraction of sp³-hybridized carbons (Fsp3) is 0.571. The van der Waals surface area contributed by atoms with Crippen molar-refractivity contribution in [2.45, 2.75) is 57.4 Å². The molecule has 4 fully saturated rings. The summed E-state index contributed by atoms with van der Waals surface area (Å²) < 4.78 is 1.07. The van der Waals surface area contributed by atoms with Gasteiger partial charge in [0.1, 0.15) is 0 Å². The Morgan fingerprint density at radius 2 is 1.63 bits per heavy atom. The molecule has 6 heteroatoms. The zero-order valence-electron chi connectivity index (χ0n) is 15.6. The fourth-order valence-corrected chi connectivity index (χ4v) is 6.05. The first-order valence-corrected chi connectivity index (χ1v) is 10.9. The van der Waals surface area contributed by atoms with Crippen molar-refractivity contribution in [2.75, 3.05) is 0 Å². The minimum Gasteiger partial charge on any atom is -0.350 e. The lowest BCUT2D eigenvalue weighted by Crippen LogP contribution is -2.60. The quantitative estimate of drug-likeness (QED) is 0.383. The summed E-state index contributed by atoms with van der Waals surface area (Å²) in [6.45, 7) is 1.79. The molecular weight excluding hydrogens is 453 g/mol. The SMILES string of the molecule is CC(CC(=O)NC12CC3CC(CC(C3)C1)C2)=NNC(=O)c1ccc(I)cc1. The number of carbonyl (C=O) groups is 2. The van der Waals surface area contributed by atoms with Gasteiger partial charge in [0.15, 0.2) is 0 Å². The molecule has 4 aliphatic rings. The number of nitrogens with zero attached hydrogens (tertiary/aromatic N) is 1. The summed E-state index contributed by atoms with van der Waals surface area (Å²) in [4.78, 5) is 24.7. The van der Waals surface area contributed by atoms with Crippen LogP contribution in [0.25, 0.3) is 0 Å². The summed E-state index contributed by atoms with van der Waals surface area (Å²) in [6.07, 6.45) is 7.74. The van der Waals surface area contributed by atoms with Gasteiger partial charge in [-0.1, -0.05) is 0 Å². The molecule has 2 N–H and O–H groups in total. The highest BCUT2D eigenvalue weighted by molar-refractivity contribution is 14.1. The third-order valence-corrected chi connectivity index (χ3v) is 7.03. The Hall–Kier alpha value is -1.44. The molecule has 4 aliphatic carbocycles. The van der Waals surface area contributed by atoms with Gasteiger partial charge in [-0.25, -0.2) is 5.43 Å². The molecule has 0 atom stereocenters. The first-order valence-electron chi connectivity index (χ1n) is 9.81. The summed E-state index contributed by atoms with van der Waals surface area (Å²) in [5.41, 5.74) is 3.76. The fourth-order valence-electron chi connectivity index (χ4n) is 5.69. The van der Waals surface area contributed by atoms with Crippen molar-refractivity contribution in [1.29, 1.82) is 0 Å². The number of amides is 2. The second-order valence-corrected chi connectivity index (χ2v) is 9.96. The molecule has 0 saturated heterocycles. The molecule has 1 aromatic carbocycles. The summed E-state index contributed by atoms with van der Waals surface area (Å²) >= 11 is 2.20. The van der Waals surface area contributed by atoms with Crippen molar-refractivity contribution in [1.82, 2.24) is 10.7 Å². The molecule has 0 radical (unpaired) electrons. The molecule has 4 saturated carbocycles. The normalized spacial score (nSPS) is 31.6. The van der Waals surface area contributed by atoms with Crippen molar-refractivity contribution in [3.8, 4) is 0 Å². The van der Waals surface area contributed by atoms with Crippen LogP contribution in [0.3, 0.4) is 0 Å². The Kier molecular flexibility index (Phi) is 5.27. The zero-order valence-corrected chi connectivity index (χ0v) is 17.8. The third-order valence-electron chi connectivity index (χ3n) is 6.31. The van der Waals surface area contributed by atoms with Gasteiger partial charge in [0.25, 0.3) is 5.91 Å². The van der Waals surface area contributed by atoms with Crippen LogP contribution in [0.4, 0.5) is 0 Å². The summed E-state index contributed by atoms with van der Waals surface area (Å²) in [5, 5.41) is 7.46. The third kappa shape index (κ3) is 4.36. The van der Waals surface area contributed by atoms with Crippen LogP contribution < -0.4 is 10.7 Å². The highest BCUT2D eigenvalue weighted by Gasteiger charge is 2.51. The van der Waals surface area contributed by atoms with Crippen LogP contribution in [0.15, 0.2) is 29.4 Å². The predicted molar refractivity (Wildman–Crippen MR) is 113 cm³/mol. The second kappa shape index (κ2) is 7.53. The Morgan fingerprint density at radius 1 is 1.07 bits per heavy atom. The van der Waals surface area contributed by atoms with Crippen LogP contribution in [-0.4, -0.2) is 23.1 Å². The van der Waals surface area contributed by atoms with Gasteiger partial charge in [0.2, 0.25) is 5.91 Å². The number of hydrogen-bond donors (Lipinski definition) is 2. The first kappa shape index (κ1) is 18.9. The standard InChI is InChI=1S/C21H26IN3O2/c1-13(24-25-20(27)17-2-4-18(22)5-3-17)6-19(26)23-21-10-14-7-15(11-21)9-16(8-14)12-21/h2-5,14-16H,6-12H2,1H3,(H,23,26)(H,25,27). The molecule has 0 aliphatic heterocycles. The van der Waals surface area contributed by atoms with Gasteiger partial charge < -0.3 is 5.32 Å². The maximum absolute atomic E-state index is 12.6. The molecule has 144 valence electrons. The van der Waals surface area contributed by atoms with Crippen LogP contribution in [0.2, 0.25) is 0 Å². The lowest BCUT2D eigenvalue weighted by Gasteiger charge is -2.56. The van der Waals surface area contributed by atoms with Gasteiger partial charge in [-0.2, -0.15) is 5.10 Å². The van der Waals surface area contributed by atoms with Crippen molar-refractivity contribution in [3.05, 3.63) is 33.4 Å². The minimum absolute atomic E-state index is 0.0243. The van der Waals surface area contributed by atoms with Crippen LogP contribution in [0.5, 0.6) is 0 Å². The molecule has 0 unspecified atom stereocenters. The number of benzene rings is 1. The molecule has 1 aromatic rings. The molecular formula is C21H26IN3O2. The van der Waals surface area contributed by atoms with E-state index in [0.717, 1.165) is 40.6 Å². The molecule has 0 aromatic heterocycles. The van der Waals surface area contributed by atoms with Gasteiger partial charge in [-0.3, -0.25) is 9.59 Å².